The van der Waals surface area contributed by atoms with Gasteiger partial charge in [-0.25, -0.2) is 0 Å². The summed E-state index contributed by atoms with van der Waals surface area (Å²) in [7, 11) is 1.40. The van der Waals surface area contributed by atoms with Crippen LogP contribution in [0.2, 0.25) is 0 Å². The standard InChI is InChI=1S/C8H13N3O3/c1-11-7(13)4-5(8(11)14)10-6(12)2-3-9/h5H,2-4,9H2,1H3,(H,10,12). The second-order valence-corrected chi connectivity index (χ2v) is 3.15. The summed E-state index contributed by atoms with van der Waals surface area (Å²) in [6, 6.07) is -0.702. The number of nitrogens with zero attached hydrogens (tertiary/aromatic N) is 1. The third-order valence-corrected chi connectivity index (χ3v) is 2.09. The zero-order valence-electron chi connectivity index (χ0n) is 7.95. The van der Waals surface area contributed by atoms with Gasteiger partial charge in [0.2, 0.25) is 11.8 Å². The van der Waals surface area contributed by atoms with Crippen molar-refractivity contribution in [2.24, 2.45) is 5.73 Å². The number of hydrogen-bond acceptors (Lipinski definition) is 4. The van der Waals surface area contributed by atoms with Crippen LogP contribution in [-0.2, 0) is 14.4 Å². The Kier molecular flexibility index (Phi) is 3.19. The molecule has 0 aromatic carbocycles. The molecule has 1 unspecified atom stereocenters. The average molecular weight is 199 g/mol. The van der Waals surface area contributed by atoms with E-state index >= 15 is 0 Å². The molecule has 6 heteroatoms. The highest BCUT2D eigenvalue weighted by atomic mass is 16.2. The summed E-state index contributed by atoms with van der Waals surface area (Å²) in [6.07, 6.45) is 0.216. The lowest BCUT2D eigenvalue weighted by Gasteiger charge is -2.10. The van der Waals surface area contributed by atoms with Crippen LogP contribution in [0.15, 0.2) is 0 Å². The molecule has 1 rings (SSSR count). The Balaban J connectivity index is 2.51. The van der Waals surface area contributed by atoms with Gasteiger partial charge in [-0.1, -0.05) is 0 Å². The molecule has 0 bridgehead atoms. The molecule has 14 heavy (non-hydrogen) atoms. The van der Waals surface area contributed by atoms with E-state index in [9.17, 15) is 14.4 Å². The van der Waals surface area contributed by atoms with Gasteiger partial charge >= 0.3 is 0 Å². The third-order valence-electron chi connectivity index (χ3n) is 2.09. The summed E-state index contributed by atoms with van der Waals surface area (Å²) in [5.41, 5.74) is 5.17. The molecule has 1 saturated heterocycles. The normalized spacial score (nSPS) is 21.6. The first-order chi connectivity index (χ1) is 6.56. The lowest BCUT2D eigenvalue weighted by Crippen LogP contribution is -2.41. The molecule has 3 N–H and O–H groups in total. The average Bonchev–Trinajstić information content (AvgIpc) is 2.34. The highest BCUT2D eigenvalue weighted by Crippen LogP contribution is 2.10. The molecule has 6 nitrogen and oxygen atoms in total. The molecular formula is C8H13N3O3. The van der Waals surface area contributed by atoms with Crippen molar-refractivity contribution in [3.63, 3.8) is 0 Å². The Morgan fingerprint density at radius 2 is 2.29 bits per heavy atom. The maximum Gasteiger partial charge on any atom is 0.252 e. The van der Waals surface area contributed by atoms with Gasteiger partial charge in [-0.2, -0.15) is 0 Å². The van der Waals surface area contributed by atoms with E-state index in [0.717, 1.165) is 4.90 Å². The fourth-order valence-electron chi connectivity index (χ4n) is 1.27. The zero-order chi connectivity index (χ0) is 10.7. The molecule has 1 fully saturated rings. The number of carbonyl (C=O) groups excluding carboxylic acids is 3. The van der Waals surface area contributed by atoms with Crippen LogP contribution in [0.5, 0.6) is 0 Å². The van der Waals surface area contributed by atoms with Gasteiger partial charge in [-0.15, -0.1) is 0 Å². The van der Waals surface area contributed by atoms with Crippen LogP contribution in [0.4, 0.5) is 0 Å². The molecule has 0 aromatic heterocycles. The van der Waals surface area contributed by atoms with E-state index < -0.39 is 6.04 Å². The van der Waals surface area contributed by atoms with Gasteiger partial charge in [0.15, 0.2) is 0 Å². The largest absolute Gasteiger partial charge is 0.344 e. The first-order valence-electron chi connectivity index (χ1n) is 4.36. The smallest absolute Gasteiger partial charge is 0.252 e. The van der Waals surface area contributed by atoms with Crippen LogP contribution in [0.25, 0.3) is 0 Å². The summed E-state index contributed by atoms with van der Waals surface area (Å²) in [5, 5.41) is 2.46. The van der Waals surface area contributed by atoms with E-state index in [4.69, 9.17) is 5.73 Å². The minimum absolute atomic E-state index is 0.0473. The maximum absolute atomic E-state index is 11.3. The number of carbonyl (C=O) groups is 3. The maximum atomic E-state index is 11.3. The molecule has 0 spiro atoms. The molecule has 0 radical (unpaired) electrons. The van der Waals surface area contributed by atoms with Crippen molar-refractivity contribution >= 4 is 17.7 Å². The Hall–Kier alpha value is -1.43. The van der Waals surface area contributed by atoms with Crippen LogP contribution < -0.4 is 11.1 Å². The van der Waals surface area contributed by atoms with Crippen molar-refractivity contribution in [3.8, 4) is 0 Å². The van der Waals surface area contributed by atoms with Crippen LogP contribution in [-0.4, -0.2) is 42.3 Å². The van der Waals surface area contributed by atoms with Crippen molar-refractivity contribution in [1.82, 2.24) is 10.2 Å². The summed E-state index contributed by atoms with van der Waals surface area (Å²) in [4.78, 5) is 34.5. The molecule has 1 aliphatic rings. The van der Waals surface area contributed by atoms with Crippen molar-refractivity contribution in [2.45, 2.75) is 18.9 Å². The Morgan fingerprint density at radius 3 is 2.71 bits per heavy atom. The van der Waals surface area contributed by atoms with Gasteiger partial charge in [-0.05, 0) is 0 Å². The molecule has 0 aromatic rings. The number of nitrogens with one attached hydrogen (secondary N) is 1. The number of amides is 3. The number of hydrogen-bond donors (Lipinski definition) is 2. The number of likely N-dealkylation sites (N-methyl/N-ethyl adjacent to an activating group) is 1. The number of rotatable bonds is 3. The van der Waals surface area contributed by atoms with Gasteiger partial charge < -0.3 is 11.1 Å². The highest BCUT2D eigenvalue weighted by molar-refractivity contribution is 6.06. The molecule has 1 atom stereocenters. The summed E-state index contributed by atoms with van der Waals surface area (Å²) in [6.45, 7) is 0.233. The Bertz CT molecular complexity index is 277. The van der Waals surface area contributed by atoms with E-state index in [2.05, 4.69) is 5.32 Å². The molecule has 0 saturated carbocycles. The molecule has 3 amide bonds. The Morgan fingerprint density at radius 1 is 1.64 bits per heavy atom. The Labute approximate surface area is 81.4 Å². The first kappa shape index (κ1) is 10.6. The lowest BCUT2D eigenvalue weighted by molar-refractivity contribution is -0.138. The minimum atomic E-state index is -0.702. The van der Waals surface area contributed by atoms with Crippen molar-refractivity contribution in [3.05, 3.63) is 0 Å². The molecular weight excluding hydrogens is 186 g/mol. The van der Waals surface area contributed by atoms with Crippen LogP contribution >= 0.6 is 0 Å². The SMILES string of the molecule is CN1C(=O)CC(NC(=O)CCN)C1=O. The second-order valence-electron chi connectivity index (χ2n) is 3.15. The first-order valence-corrected chi connectivity index (χ1v) is 4.36. The summed E-state index contributed by atoms with van der Waals surface area (Å²) < 4.78 is 0. The predicted molar refractivity (Wildman–Crippen MR) is 48.0 cm³/mol. The third kappa shape index (κ3) is 2.08. The number of nitrogens with two attached hydrogens (primary N) is 1. The number of imide groups is 1. The fourth-order valence-corrected chi connectivity index (χ4v) is 1.27. The lowest BCUT2D eigenvalue weighted by atomic mass is 10.2. The summed E-state index contributed by atoms with van der Waals surface area (Å²) in [5.74, 6) is -0.928. The van der Waals surface area contributed by atoms with E-state index in [1.807, 2.05) is 0 Å². The molecule has 1 heterocycles. The van der Waals surface area contributed by atoms with Crippen molar-refractivity contribution in [1.29, 1.82) is 0 Å². The summed E-state index contributed by atoms with van der Waals surface area (Å²) >= 11 is 0. The topological polar surface area (TPSA) is 92.5 Å². The van der Waals surface area contributed by atoms with Crippen LogP contribution in [0, 0.1) is 0 Å². The highest BCUT2D eigenvalue weighted by Gasteiger charge is 2.36. The van der Waals surface area contributed by atoms with E-state index in [1.54, 1.807) is 0 Å². The zero-order valence-corrected chi connectivity index (χ0v) is 7.95. The quantitative estimate of drug-likeness (QED) is 0.525. The number of likely N-dealkylation sites (tertiary alicyclic amines) is 1. The molecule has 1 aliphatic heterocycles. The monoisotopic (exact) mass is 199 g/mol. The van der Waals surface area contributed by atoms with Crippen molar-refractivity contribution < 1.29 is 14.4 Å². The van der Waals surface area contributed by atoms with E-state index in [0.29, 0.717) is 0 Å². The van der Waals surface area contributed by atoms with Crippen molar-refractivity contribution in [2.75, 3.05) is 13.6 Å². The van der Waals surface area contributed by atoms with Gasteiger partial charge in [0, 0.05) is 20.0 Å². The van der Waals surface area contributed by atoms with Crippen LogP contribution in [0.1, 0.15) is 12.8 Å². The molecule has 78 valence electrons. The van der Waals surface area contributed by atoms with E-state index in [-0.39, 0.29) is 37.1 Å². The molecule has 0 aliphatic carbocycles. The van der Waals surface area contributed by atoms with Crippen LogP contribution in [0.3, 0.4) is 0 Å². The van der Waals surface area contributed by atoms with Gasteiger partial charge in [-0.3, -0.25) is 19.3 Å². The van der Waals surface area contributed by atoms with Gasteiger partial charge in [0.25, 0.3) is 5.91 Å². The van der Waals surface area contributed by atoms with E-state index in [1.165, 1.54) is 7.05 Å². The fraction of sp³-hybridized carbons (Fsp3) is 0.625. The van der Waals surface area contributed by atoms with Gasteiger partial charge in [0.05, 0.1) is 6.42 Å². The van der Waals surface area contributed by atoms with Gasteiger partial charge in [0.1, 0.15) is 6.04 Å². The minimum Gasteiger partial charge on any atom is -0.344 e. The second kappa shape index (κ2) is 4.19. The predicted octanol–water partition coefficient (Wildman–Crippen LogP) is -1.79.